The molecule has 20 heavy (non-hydrogen) atoms. The summed E-state index contributed by atoms with van der Waals surface area (Å²) < 4.78 is 5.34. The van der Waals surface area contributed by atoms with Crippen LogP contribution in [-0.4, -0.2) is 12.5 Å². The van der Waals surface area contributed by atoms with Crippen molar-refractivity contribution in [1.82, 2.24) is 0 Å². The van der Waals surface area contributed by atoms with Crippen molar-refractivity contribution in [3.63, 3.8) is 0 Å². The monoisotopic (exact) mass is 290 g/mol. The molecule has 0 aliphatic heterocycles. The SMILES string of the molecule is Nc1ccccc1NC(=O)COCc1ccccc1Cl. The molecular weight excluding hydrogens is 276 g/mol. The summed E-state index contributed by atoms with van der Waals surface area (Å²) in [5, 5.41) is 3.31. The highest BCUT2D eigenvalue weighted by atomic mass is 35.5. The molecule has 0 aromatic heterocycles. The molecule has 2 rings (SSSR count). The zero-order valence-corrected chi connectivity index (χ0v) is 11.6. The quantitative estimate of drug-likeness (QED) is 0.832. The van der Waals surface area contributed by atoms with Gasteiger partial charge in [0.15, 0.2) is 0 Å². The number of nitrogen functional groups attached to an aromatic ring is 1. The zero-order chi connectivity index (χ0) is 14.4. The van der Waals surface area contributed by atoms with E-state index in [0.717, 1.165) is 5.56 Å². The van der Waals surface area contributed by atoms with Crippen LogP contribution in [-0.2, 0) is 16.1 Å². The van der Waals surface area contributed by atoms with Crippen molar-refractivity contribution in [2.75, 3.05) is 17.7 Å². The fourth-order valence-electron chi connectivity index (χ4n) is 1.67. The average molecular weight is 291 g/mol. The molecule has 0 aliphatic carbocycles. The van der Waals surface area contributed by atoms with Gasteiger partial charge in [0.2, 0.25) is 5.91 Å². The standard InChI is InChI=1S/C15H15ClN2O2/c16-12-6-2-1-5-11(12)9-20-10-15(19)18-14-8-4-3-7-13(14)17/h1-8H,9-10,17H2,(H,18,19). The van der Waals surface area contributed by atoms with Crippen LogP contribution < -0.4 is 11.1 Å². The second-order valence-corrected chi connectivity index (χ2v) is 4.63. The maximum absolute atomic E-state index is 11.7. The van der Waals surface area contributed by atoms with E-state index in [2.05, 4.69) is 5.32 Å². The van der Waals surface area contributed by atoms with Gasteiger partial charge in [0, 0.05) is 5.02 Å². The maximum atomic E-state index is 11.7. The van der Waals surface area contributed by atoms with E-state index in [1.54, 1.807) is 30.3 Å². The first-order valence-corrected chi connectivity index (χ1v) is 6.50. The number of benzene rings is 2. The Morgan fingerprint density at radius 3 is 2.60 bits per heavy atom. The van der Waals surface area contributed by atoms with Crippen molar-refractivity contribution in [3.8, 4) is 0 Å². The number of halogens is 1. The van der Waals surface area contributed by atoms with Crippen LogP contribution in [0.3, 0.4) is 0 Å². The van der Waals surface area contributed by atoms with E-state index in [9.17, 15) is 4.79 Å². The number of hydrogen-bond donors (Lipinski definition) is 2. The second kappa shape index (κ2) is 6.93. The highest BCUT2D eigenvalue weighted by Gasteiger charge is 2.06. The van der Waals surface area contributed by atoms with Gasteiger partial charge in [-0.1, -0.05) is 41.9 Å². The molecule has 0 saturated heterocycles. The van der Waals surface area contributed by atoms with Gasteiger partial charge >= 0.3 is 0 Å². The molecule has 2 aromatic carbocycles. The summed E-state index contributed by atoms with van der Waals surface area (Å²) >= 11 is 5.99. The third kappa shape index (κ3) is 3.98. The molecule has 5 heteroatoms. The summed E-state index contributed by atoms with van der Waals surface area (Å²) in [5.41, 5.74) is 7.69. The van der Waals surface area contributed by atoms with Gasteiger partial charge in [-0.15, -0.1) is 0 Å². The Kier molecular flexibility index (Phi) is 4.98. The molecule has 0 unspecified atom stereocenters. The number of carbonyl (C=O) groups is 1. The van der Waals surface area contributed by atoms with Crippen LogP contribution in [0.1, 0.15) is 5.56 Å². The van der Waals surface area contributed by atoms with Crippen molar-refractivity contribution >= 4 is 28.9 Å². The van der Waals surface area contributed by atoms with Gasteiger partial charge in [-0.2, -0.15) is 0 Å². The first kappa shape index (κ1) is 14.4. The van der Waals surface area contributed by atoms with Gasteiger partial charge in [0.1, 0.15) is 6.61 Å². The summed E-state index contributed by atoms with van der Waals surface area (Å²) in [5.74, 6) is -0.255. The van der Waals surface area contributed by atoms with Crippen molar-refractivity contribution in [2.45, 2.75) is 6.61 Å². The molecule has 0 spiro atoms. The second-order valence-electron chi connectivity index (χ2n) is 4.22. The smallest absolute Gasteiger partial charge is 0.250 e. The van der Waals surface area contributed by atoms with Crippen molar-refractivity contribution < 1.29 is 9.53 Å². The number of carbonyl (C=O) groups excluding carboxylic acids is 1. The zero-order valence-electron chi connectivity index (χ0n) is 10.8. The van der Waals surface area contributed by atoms with E-state index >= 15 is 0 Å². The van der Waals surface area contributed by atoms with Crippen LogP contribution in [0.2, 0.25) is 5.02 Å². The van der Waals surface area contributed by atoms with Gasteiger partial charge in [-0.05, 0) is 23.8 Å². The highest BCUT2D eigenvalue weighted by Crippen LogP contribution is 2.17. The van der Waals surface area contributed by atoms with Crippen LogP contribution in [0.4, 0.5) is 11.4 Å². The molecule has 0 radical (unpaired) electrons. The summed E-state index contributed by atoms with van der Waals surface area (Å²) in [7, 11) is 0. The predicted molar refractivity (Wildman–Crippen MR) is 80.6 cm³/mol. The third-order valence-electron chi connectivity index (χ3n) is 2.68. The van der Waals surface area contributed by atoms with E-state index in [4.69, 9.17) is 22.1 Å². The fourth-order valence-corrected chi connectivity index (χ4v) is 1.86. The van der Waals surface area contributed by atoms with Gasteiger partial charge < -0.3 is 15.8 Å². The number of anilines is 2. The summed E-state index contributed by atoms with van der Waals surface area (Å²) in [6, 6.07) is 14.4. The largest absolute Gasteiger partial charge is 0.397 e. The molecule has 1 amide bonds. The summed E-state index contributed by atoms with van der Waals surface area (Å²) in [6.07, 6.45) is 0. The van der Waals surface area contributed by atoms with Crippen LogP contribution in [0.5, 0.6) is 0 Å². The molecule has 2 aromatic rings. The Hall–Kier alpha value is -2.04. The minimum absolute atomic E-state index is 0.0560. The van der Waals surface area contributed by atoms with E-state index < -0.39 is 0 Å². The summed E-state index contributed by atoms with van der Waals surface area (Å²) in [4.78, 5) is 11.7. The predicted octanol–water partition coefficient (Wildman–Crippen LogP) is 3.08. The van der Waals surface area contributed by atoms with Crippen LogP contribution >= 0.6 is 11.6 Å². The number of hydrogen-bond acceptors (Lipinski definition) is 3. The molecular formula is C15H15ClN2O2. The molecule has 3 N–H and O–H groups in total. The number of nitrogens with one attached hydrogen (secondary N) is 1. The lowest BCUT2D eigenvalue weighted by Gasteiger charge is -2.09. The molecule has 0 aliphatic rings. The Balaban J connectivity index is 1.82. The highest BCUT2D eigenvalue weighted by molar-refractivity contribution is 6.31. The molecule has 0 atom stereocenters. The minimum Gasteiger partial charge on any atom is -0.397 e. The van der Waals surface area contributed by atoms with E-state index in [1.165, 1.54) is 0 Å². The van der Waals surface area contributed by atoms with Crippen LogP contribution in [0.25, 0.3) is 0 Å². The lowest BCUT2D eigenvalue weighted by Crippen LogP contribution is -2.19. The number of para-hydroxylation sites is 2. The van der Waals surface area contributed by atoms with E-state index in [-0.39, 0.29) is 19.1 Å². The Morgan fingerprint density at radius 2 is 1.85 bits per heavy atom. The van der Waals surface area contributed by atoms with Crippen LogP contribution in [0, 0.1) is 0 Å². The fraction of sp³-hybridized carbons (Fsp3) is 0.133. The maximum Gasteiger partial charge on any atom is 0.250 e. The Morgan fingerprint density at radius 1 is 1.15 bits per heavy atom. The molecule has 0 fully saturated rings. The molecule has 0 bridgehead atoms. The van der Waals surface area contributed by atoms with Crippen molar-refractivity contribution in [3.05, 3.63) is 59.1 Å². The molecule has 0 saturated carbocycles. The van der Waals surface area contributed by atoms with Crippen molar-refractivity contribution in [1.29, 1.82) is 0 Å². The molecule has 4 nitrogen and oxygen atoms in total. The summed E-state index contributed by atoms with van der Waals surface area (Å²) in [6.45, 7) is 0.233. The van der Waals surface area contributed by atoms with E-state index in [0.29, 0.717) is 16.4 Å². The number of amides is 1. The number of ether oxygens (including phenoxy) is 1. The van der Waals surface area contributed by atoms with Gasteiger partial charge in [0.25, 0.3) is 0 Å². The first-order chi connectivity index (χ1) is 9.66. The third-order valence-corrected chi connectivity index (χ3v) is 3.05. The average Bonchev–Trinajstić information content (AvgIpc) is 2.43. The Bertz CT molecular complexity index is 602. The first-order valence-electron chi connectivity index (χ1n) is 6.12. The van der Waals surface area contributed by atoms with Gasteiger partial charge in [-0.3, -0.25) is 4.79 Å². The topological polar surface area (TPSA) is 64.3 Å². The Labute approximate surface area is 122 Å². The lowest BCUT2D eigenvalue weighted by molar-refractivity contribution is -0.121. The molecule has 0 heterocycles. The van der Waals surface area contributed by atoms with Crippen molar-refractivity contribution in [2.24, 2.45) is 0 Å². The van der Waals surface area contributed by atoms with Gasteiger partial charge in [0.05, 0.1) is 18.0 Å². The normalized spacial score (nSPS) is 10.2. The lowest BCUT2D eigenvalue weighted by atomic mass is 10.2. The van der Waals surface area contributed by atoms with Gasteiger partial charge in [-0.25, -0.2) is 0 Å². The number of rotatable bonds is 5. The van der Waals surface area contributed by atoms with E-state index in [1.807, 2.05) is 18.2 Å². The molecule has 104 valence electrons. The van der Waals surface area contributed by atoms with Crippen LogP contribution in [0.15, 0.2) is 48.5 Å². The minimum atomic E-state index is -0.255. The number of nitrogens with two attached hydrogens (primary N) is 1.